The Labute approximate surface area is 193 Å². The molecule has 2 amide bonds. The molecular formula is C24H23BrFN5O. The zero-order valence-corrected chi connectivity index (χ0v) is 19.1. The summed E-state index contributed by atoms with van der Waals surface area (Å²) in [5, 5.41) is 2.95. The van der Waals surface area contributed by atoms with Crippen LogP contribution in [0.2, 0.25) is 0 Å². The van der Waals surface area contributed by atoms with Crippen LogP contribution in [0.3, 0.4) is 0 Å². The van der Waals surface area contributed by atoms with Gasteiger partial charge in [0, 0.05) is 43.4 Å². The number of urea groups is 1. The molecule has 1 fully saturated rings. The van der Waals surface area contributed by atoms with Gasteiger partial charge in [-0.1, -0.05) is 28.1 Å². The molecule has 164 valence electrons. The third-order valence-electron chi connectivity index (χ3n) is 5.84. The van der Waals surface area contributed by atoms with Gasteiger partial charge < -0.3 is 19.5 Å². The monoisotopic (exact) mass is 495 g/mol. The molecule has 0 spiro atoms. The third kappa shape index (κ3) is 4.14. The average Bonchev–Trinajstić information content (AvgIpc) is 3.16. The maximum absolute atomic E-state index is 13.1. The van der Waals surface area contributed by atoms with Crippen molar-refractivity contribution in [2.45, 2.75) is 13.0 Å². The lowest BCUT2D eigenvalue weighted by Crippen LogP contribution is -2.41. The fraction of sp³-hybridized carbons (Fsp3) is 0.250. The summed E-state index contributed by atoms with van der Waals surface area (Å²) in [6, 6.07) is 16.3. The molecule has 32 heavy (non-hydrogen) atoms. The van der Waals surface area contributed by atoms with E-state index in [-0.39, 0.29) is 11.8 Å². The van der Waals surface area contributed by atoms with Gasteiger partial charge in [-0.3, -0.25) is 0 Å². The zero-order chi connectivity index (χ0) is 22.1. The molecule has 0 saturated carbocycles. The van der Waals surface area contributed by atoms with Crippen molar-refractivity contribution < 1.29 is 9.18 Å². The Balaban J connectivity index is 1.31. The standard InChI is InChI=1S/C24H23BrFN5O/c25-18-6-9-21-20(15-18)28-23(22-3-1-12-31(21)22)29-10-2-11-30(14-13-29)24(32)27-16-17-4-7-19(26)8-5-17/h1,3-9,12,15H,2,10-11,13-14,16H2,(H,27,32). The van der Waals surface area contributed by atoms with E-state index in [1.165, 1.54) is 12.1 Å². The second-order valence-corrected chi connectivity index (χ2v) is 8.86. The molecule has 1 saturated heterocycles. The van der Waals surface area contributed by atoms with Crippen LogP contribution in [0.1, 0.15) is 12.0 Å². The highest BCUT2D eigenvalue weighted by molar-refractivity contribution is 9.10. The Morgan fingerprint density at radius 2 is 1.88 bits per heavy atom. The third-order valence-corrected chi connectivity index (χ3v) is 6.33. The van der Waals surface area contributed by atoms with Gasteiger partial charge in [-0.25, -0.2) is 14.2 Å². The van der Waals surface area contributed by atoms with Gasteiger partial charge in [-0.15, -0.1) is 0 Å². The molecule has 0 aliphatic carbocycles. The number of nitrogens with one attached hydrogen (secondary N) is 1. The van der Waals surface area contributed by atoms with Crippen LogP contribution in [-0.2, 0) is 6.54 Å². The summed E-state index contributed by atoms with van der Waals surface area (Å²) in [6.07, 6.45) is 2.92. The van der Waals surface area contributed by atoms with Crippen molar-refractivity contribution >= 4 is 44.3 Å². The minimum atomic E-state index is -0.278. The number of anilines is 1. The van der Waals surface area contributed by atoms with Crippen LogP contribution < -0.4 is 10.2 Å². The number of carbonyl (C=O) groups excluding carboxylic acids is 1. The van der Waals surface area contributed by atoms with E-state index in [2.05, 4.69) is 48.9 Å². The fourth-order valence-corrected chi connectivity index (χ4v) is 4.54. The molecular weight excluding hydrogens is 473 g/mol. The SMILES string of the molecule is O=C(NCc1ccc(F)cc1)N1CCCN(c2nc3cc(Br)ccc3n3cccc23)CC1. The molecule has 0 atom stereocenters. The first-order valence-corrected chi connectivity index (χ1v) is 11.5. The lowest BCUT2D eigenvalue weighted by atomic mass is 10.2. The van der Waals surface area contributed by atoms with Crippen molar-refractivity contribution in [3.05, 3.63) is 76.6 Å². The number of hydrogen-bond donors (Lipinski definition) is 1. The first-order valence-electron chi connectivity index (χ1n) is 10.7. The van der Waals surface area contributed by atoms with E-state index in [1.54, 1.807) is 12.1 Å². The number of aromatic nitrogens is 2. The molecule has 8 heteroatoms. The molecule has 2 aromatic carbocycles. The van der Waals surface area contributed by atoms with Gasteiger partial charge in [0.25, 0.3) is 0 Å². The van der Waals surface area contributed by atoms with Crippen LogP contribution in [0, 0.1) is 5.82 Å². The van der Waals surface area contributed by atoms with Crippen molar-refractivity contribution in [1.29, 1.82) is 0 Å². The molecule has 3 heterocycles. The number of rotatable bonds is 3. The van der Waals surface area contributed by atoms with Crippen molar-refractivity contribution in [3.63, 3.8) is 0 Å². The highest BCUT2D eigenvalue weighted by atomic mass is 79.9. The second kappa shape index (κ2) is 8.78. The topological polar surface area (TPSA) is 52.9 Å². The predicted octanol–water partition coefficient (Wildman–Crippen LogP) is 4.81. The lowest BCUT2D eigenvalue weighted by Gasteiger charge is -2.24. The minimum Gasteiger partial charge on any atom is -0.353 e. The summed E-state index contributed by atoms with van der Waals surface area (Å²) in [7, 11) is 0. The number of benzene rings is 2. The van der Waals surface area contributed by atoms with Gasteiger partial charge in [0.05, 0.1) is 16.6 Å². The quantitative estimate of drug-likeness (QED) is 0.443. The number of halogens is 2. The van der Waals surface area contributed by atoms with Gasteiger partial charge in [0.1, 0.15) is 5.82 Å². The number of fused-ring (bicyclic) bond motifs is 3. The van der Waals surface area contributed by atoms with E-state index < -0.39 is 0 Å². The van der Waals surface area contributed by atoms with Gasteiger partial charge in [-0.05, 0) is 54.4 Å². The molecule has 1 aliphatic rings. The van der Waals surface area contributed by atoms with E-state index in [0.717, 1.165) is 45.4 Å². The number of nitrogens with zero attached hydrogens (tertiary/aromatic N) is 4. The molecule has 1 N–H and O–H groups in total. The van der Waals surface area contributed by atoms with Gasteiger partial charge >= 0.3 is 6.03 Å². The molecule has 1 aliphatic heterocycles. The summed E-state index contributed by atoms with van der Waals surface area (Å²) < 4.78 is 16.2. The Kier molecular flexibility index (Phi) is 5.70. The first-order chi connectivity index (χ1) is 15.6. The molecule has 2 aromatic heterocycles. The van der Waals surface area contributed by atoms with Gasteiger partial charge in [0.2, 0.25) is 0 Å². The Bertz CT molecular complexity index is 1270. The van der Waals surface area contributed by atoms with Crippen molar-refractivity contribution in [1.82, 2.24) is 19.6 Å². The number of hydrogen-bond acceptors (Lipinski definition) is 3. The fourth-order valence-electron chi connectivity index (χ4n) is 4.19. The van der Waals surface area contributed by atoms with E-state index in [0.29, 0.717) is 26.2 Å². The van der Waals surface area contributed by atoms with Crippen LogP contribution in [0.25, 0.3) is 16.6 Å². The van der Waals surface area contributed by atoms with Crippen molar-refractivity contribution in [2.24, 2.45) is 0 Å². The average molecular weight is 496 g/mol. The number of amides is 2. The van der Waals surface area contributed by atoms with Crippen LogP contribution in [0.4, 0.5) is 15.0 Å². The van der Waals surface area contributed by atoms with Crippen LogP contribution in [0.15, 0.2) is 65.3 Å². The maximum Gasteiger partial charge on any atom is 0.317 e. The maximum atomic E-state index is 13.1. The normalized spacial score (nSPS) is 14.7. The molecule has 0 bridgehead atoms. The van der Waals surface area contributed by atoms with E-state index in [9.17, 15) is 9.18 Å². The Morgan fingerprint density at radius 3 is 2.72 bits per heavy atom. The Hall–Kier alpha value is -3.13. The smallest absolute Gasteiger partial charge is 0.317 e. The lowest BCUT2D eigenvalue weighted by molar-refractivity contribution is 0.201. The van der Waals surface area contributed by atoms with Gasteiger partial charge in [0.15, 0.2) is 5.82 Å². The molecule has 4 aromatic rings. The first kappa shape index (κ1) is 20.8. The predicted molar refractivity (Wildman–Crippen MR) is 127 cm³/mol. The van der Waals surface area contributed by atoms with E-state index >= 15 is 0 Å². The van der Waals surface area contributed by atoms with Crippen LogP contribution in [-0.4, -0.2) is 46.5 Å². The van der Waals surface area contributed by atoms with E-state index in [4.69, 9.17) is 4.98 Å². The summed E-state index contributed by atoms with van der Waals surface area (Å²) in [4.78, 5) is 21.8. The second-order valence-electron chi connectivity index (χ2n) is 7.94. The number of carbonyl (C=O) groups is 1. The molecule has 6 nitrogen and oxygen atoms in total. The van der Waals surface area contributed by atoms with Crippen LogP contribution >= 0.6 is 15.9 Å². The van der Waals surface area contributed by atoms with Crippen LogP contribution in [0.5, 0.6) is 0 Å². The summed E-state index contributed by atoms with van der Waals surface area (Å²) in [5.41, 5.74) is 3.93. The van der Waals surface area contributed by atoms with Gasteiger partial charge in [-0.2, -0.15) is 0 Å². The van der Waals surface area contributed by atoms with Crippen molar-refractivity contribution in [3.8, 4) is 0 Å². The summed E-state index contributed by atoms with van der Waals surface area (Å²) in [5.74, 6) is 0.661. The van der Waals surface area contributed by atoms with E-state index in [1.807, 2.05) is 23.1 Å². The molecule has 0 radical (unpaired) electrons. The highest BCUT2D eigenvalue weighted by Gasteiger charge is 2.22. The summed E-state index contributed by atoms with van der Waals surface area (Å²) >= 11 is 3.55. The molecule has 0 unspecified atom stereocenters. The zero-order valence-electron chi connectivity index (χ0n) is 17.5. The highest BCUT2D eigenvalue weighted by Crippen LogP contribution is 2.28. The van der Waals surface area contributed by atoms with Crippen molar-refractivity contribution in [2.75, 3.05) is 31.1 Å². The Morgan fingerprint density at radius 1 is 1.03 bits per heavy atom. The minimum absolute atomic E-state index is 0.0978. The summed E-state index contributed by atoms with van der Waals surface area (Å²) in [6.45, 7) is 3.21. The largest absolute Gasteiger partial charge is 0.353 e. The molecule has 5 rings (SSSR count).